The van der Waals surface area contributed by atoms with Crippen molar-refractivity contribution in [1.82, 2.24) is 10.2 Å². The Balaban J connectivity index is 1.66. The Bertz CT molecular complexity index is 425. The number of amides is 1. The van der Waals surface area contributed by atoms with Crippen molar-refractivity contribution < 1.29 is 9.53 Å². The van der Waals surface area contributed by atoms with Crippen molar-refractivity contribution >= 4 is 17.2 Å². The van der Waals surface area contributed by atoms with E-state index in [1.807, 2.05) is 16.2 Å². The highest BCUT2D eigenvalue weighted by Crippen LogP contribution is 2.20. The average Bonchev–Trinajstić information content (AvgIpc) is 2.74. The number of morpholine rings is 1. The summed E-state index contributed by atoms with van der Waals surface area (Å²) in [6, 6.07) is 2.22. The molecule has 5 heteroatoms. The molecule has 0 aromatic carbocycles. The van der Waals surface area contributed by atoms with E-state index in [1.165, 1.54) is 15.3 Å². The molecule has 1 aromatic rings. The van der Waals surface area contributed by atoms with Crippen LogP contribution in [0.4, 0.5) is 0 Å². The summed E-state index contributed by atoms with van der Waals surface area (Å²) < 4.78 is 5.24. The van der Waals surface area contributed by atoms with Crippen molar-refractivity contribution in [2.75, 3.05) is 32.8 Å². The predicted molar refractivity (Wildman–Crippen MR) is 77.5 cm³/mol. The second-order valence-corrected chi connectivity index (χ2v) is 6.32. The van der Waals surface area contributed by atoms with Gasteiger partial charge in [-0.15, -0.1) is 11.3 Å². The Hall–Kier alpha value is -0.910. The van der Waals surface area contributed by atoms with E-state index in [9.17, 15) is 4.79 Å². The van der Waals surface area contributed by atoms with E-state index in [0.717, 1.165) is 26.2 Å². The van der Waals surface area contributed by atoms with Crippen LogP contribution in [0.2, 0.25) is 0 Å². The maximum absolute atomic E-state index is 11.9. The van der Waals surface area contributed by atoms with Gasteiger partial charge in [0.05, 0.1) is 13.2 Å². The molecular formula is C14H22N2O2S. The number of rotatable bonds is 5. The SMILES string of the molecule is Cc1cc(CNCCC(=O)N2CCOCC2)c(C)s1. The summed E-state index contributed by atoms with van der Waals surface area (Å²) in [6.07, 6.45) is 0.572. The Labute approximate surface area is 118 Å². The molecule has 0 spiro atoms. The smallest absolute Gasteiger partial charge is 0.224 e. The van der Waals surface area contributed by atoms with Crippen molar-refractivity contribution in [3.8, 4) is 0 Å². The van der Waals surface area contributed by atoms with Crippen LogP contribution in [0.15, 0.2) is 6.07 Å². The van der Waals surface area contributed by atoms with E-state index in [-0.39, 0.29) is 5.91 Å². The summed E-state index contributed by atoms with van der Waals surface area (Å²) in [7, 11) is 0. The Kier molecular flexibility index (Phi) is 5.36. The Morgan fingerprint density at radius 3 is 2.79 bits per heavy atom. The van der Waals surface area contributed by atoms with Crippen molar-refractivity contribution in [3.63, 3.8) is 0 Å². The van der Waals surface area contributed by atoms with Gasteiger partial charge in [0.15, 0.2) is 0 Å². The molecule has 0 aliphatic carbocycles. The minimum Gasteiger partial charge on any atom is -0.378 e. The fourth-order valence-electron chi connectivity index (χ4n) is 2.25. The molecule has 0 unspecified atom stereocenters. The lowest BCUT2D eigenvalue weighted by Crippen LogP contribution is -2.41. The van der Waals surface area contributed by atoms with Crippen LogP contribution >= 0.6 is 11.3 Å². The van der Waals surface area contributed by atoms with Gasteiger partial charge in [0.25, 0.3) is 0 Å². The highest BCUT2D eigenvalue weighted by Gasteiger charge is 2.15. The Morgan fingerprint density at radius 2 is 2.16 bits per heavy atom. The zero-order chi connectivity index (χ0) is 13.7. The molecule has 0 bridgehead atoms. The number of nitrogens with one attached hydrogen (secondary N) is 1. The number of aryl methyl sites for hydroxylation is 2. The third kappa shape index (κ3) is 4.30. The maximum atomic E-state index is 11.9. The normalized spacial score (nSPS) is 15.8. The summed E-state index contributed by atoms with van der Waals surface area (Å²) in [5.74, 6) is 0.231. The summed E-state index contributed by atoms with van der Waals surface area (Å²) in [6.45, 7) is 8.69. The van der Waals surface area contributed by atoms with Gasteiger partial charge in [0, 0.05) is 42.4 Å². The first-order valence-corrected chi connectivity index (χ1v) is 7.60. The number of nitrogens with zero attached hydrogens (tertiary/aromatic N) is 1. The zero-order valence-corrected chi connectivity index (χ0v) is 12.5. The van der Waals surface area contributed by atoms with E-state index in [1.54, 1.807) is 0 Å². The molecule has 1 N–H and O–H groups in total. The number of ether oxygens (including phenoxy) is 1. The molecule has 4 nitrogen and oxygen atoms in total. The third-order valence-corrected chi connectivity index (χ3v) is 4.35. The van der Waals surface area contributed by atoms with Crippen LogP contribution in [-0.2, 0) is 16.1 Å². The third-order valence-electron chi connectivity index (χ3n) is 3.34. The van der Waals surface area contributed by atoms with Gasteiger partial charge < -0.3 is 15.0 Å². The number of thiophene rings is 1. The Morgan fingerprint density at radius 1 is 1.42 bits per heavy atom. The monoisotopic (exact) mass is 282 g/mol. The lowest BCUT2D eigenvalue weighted by atomic mass is 10.2. The van der Waals surface area contributed by atoms with Gasteiger partial charge in [0.1, 0.15) is 0 Å². The highest BCUT2D eigenvalue weighted by molar-refractivity contribution is 7.12. The summed E-state index contributed by atoms with van der Waals surface area (Å²) in [4.78, 5) is 16.5. The molecule has 0 radical (unpaired) electrons. The molecule has 1 fully saturated rings. The summed E-state index contributed by atoms with van der Waals surface area (Å²) in [5.41, 5.74) is 1.35. The molecular weight excluding hydrogens is 260 g/mol. The lowest BCUT2D eigenvalue weighted by molar-refractivity contribution is -0.135. The van der Waals surface area contributed by atoms with Gasteiger partial charge in [-0.3, -0.25) is 4.79 Å². The molecule has 2 heterocycles. The van der Waals surface area contributed by atoms with Gasteiger partial charge >= 0.3 is 0 Å². The molecule has 1 saturated heterocycles. The summed E-state index contributed by atoms with van der Waals surface area (Å²) >= 11 is 1.83. The van der Waals surface area contributed by atoms with Crippen molar-refractivity contribution in [3.05, 3.63) is 21.4 Å². The van der Waals surface area contributed by atoms with Gasteiger partial charge in [-0.05, 0) is 25.5 Å². The van der Waals surface area contributed by atoms with E-state index in [4.69, 9.17) is 4.74 Å². The van der Waals surface area contributed by atoms with Crippen LogP contribution in [0.25, 0.3) is 0 Å². The van der Waals surface area contributed by atoms with Gasteiger partial charge in [-0.1, -0.05) is 0 Å². The number of hydrogen-bond acceptors (Lipinski definition) is 4. The molecule has 2 rings (SSSR count). The maximum Gasteiger partial charge on any atom is 0.224 e. The lowest BCUT2D eigenvalue weighted by Gasteiger charge is -2.26. The topological polar surface area (TPSA) is 41.6 Å². The van der Waals surface area contributed by atoms with E-state index < -0.39 is 0 Å². The van der Waals surface area contributed by atoms with Gasteiger partial charge in [-0.2, -0.15) is 0 Å². The number of carbonyl (C=O) groups excluding carboxylic acids is 1. The fourth-order valence-corrected chi connectivity index (χ4v) is 3.19. The van der Waals surface area contributed by atoms with Crippen LogP contribution in [0.3, 0.4) is 0 Å². The molecule has 1 aliphatic heterocycles. The van der Waals surface area contributed by atoms with Crippen LogP contribution in [-0.4, -0.2) is 43.7 Å². The van der Waals surface area contributed by atoms with Gasteiger partial charge in [0.2, 0.25) is 5.91 Å². The minimum atomic E-state index is 0.231. The molecule has 0 atom stereocenters. The minimum absolute atomic E-state index is 0.231. The first-order chi connectivity index (χ1) is 9.16. The van der Waals surface area contributed by atoms with Crippen molar-refractivity contribution in [1.29, 1.82) is 0 Å². The highest BCUT2D eigenvalue weighted by atomic mass is 32.1. The van der Waals surface area contributed by atoms with Crippen LogP contribution in [0, 0.1) is 13.8 Å². The molecule has 1 amide bonds. The van der Waals surface area contributed by atoms with Crippen LogP contribution in [0.5, 0.6) is 0 Å². The fraction of sp³-hybridized carbons (Fsp3) is 0.643. The number of hydrogen-bond donors (Lipinski definition) is 1. The van der Waals surface area contributed by atoms with Crippen molar-refractivity contribution in [2.45, 2.75) is 26.8 Å². The molecule has 0 saturated carbocycles. The largest absolute Gasteiger partial charge is 0.378 e. The zero-order valence-electron chi connectivity index (χ0n) is 11.7. The van der Waals surface area contributed by atoms with E-state index >= 15 is 0 Å². The predicted octanol–water partition coefficient (Wildman–Crippen LogP) is 1.70. The van der Waals surface area contributed by atoms with Crippen LogP contribution < -0.4 is 5.32 Å². The van der Waals surface area contributed by atoms with Crippen LogP contribution in [0.1, 0.15) is 21.7 Å². The standard InChI is InChI=1S/C14H22N2O2S/c1-11-9-13(12(2)19-11)10-15-4-3-14(17)16-5-7-18-8-6-16/h9,15H,3-8,10H2,1-2H3. The first-order valence-electron chi connectivity index (χ1n) is 6.79. The molecule has 1 aromatic heterocycles. The second-order valence-electron chi connectivity index (χ2n) is 4.86. The molecule has 106 valence electrons. The molecule has 1 aliphatic rings. The average molecular weight is 282 g/mol. The van der Waals surface area contributed by atoms with E-state index in [0.29, 0.717) is 19.6 Å². The summed E-state index contributed by atoms with van der Waals surface area (Å²) in [5, 5.41) is 3.35. The second kappa shape index (κ2) is 7.03. The first kappa shape index (κ1) is 14.5. The molecule has 19 heavy (non-hydrogen) atoms. The van der Waals surface area contributed by atoms with Gasteiger partial charge in [-0.25, -0.2) is 0 Å². The van der Waals surface area contributed by atoms with E-state index in [2.05, 4.69) is 25.2 Å². The van der Waals surface area contributed by atoms with Crippen molar-refractivity contribution in [2.24, 2.45) is 0 Å². The number of carbonyl (C=O) groups is 1. The quantitative estimate of drug-likeness (QED) is 0.836.